The molecule has 1 heterocycles. The van der Waals surface area contributed by atoms with E-state index in [0.717, 1.165) is 13.0 Å². The monoisotopic (exact) mass is 281 g/mol. The first-order chi connectivity index (χ1) is 9.42. The average molecular weight is 281 g/mol. The number of hydrogen-bond acceptors (Lipinski definition) is 4. The first-order valence-electron chi connectivity index (χ1n) is 7.03. The largest absolute Gasteiger partial charge is 0.481 e. The Morgan fingerprint density at radius 2 is 2.15 bits per heavy atom. The lowest BCUT2D eigenvalue weighted by atomic mass is 9.90. The summed E-state index contributed by atoms with van der Waals surface area (Å²) in [5.74, 6) is -0.652. The van der Waals surface area contributed by atoms with Gasteiger partial charge in [0, 0.05) is 31.5 Å². The Morgan fingerprint density at radius 3 is 2.70 bits per heavy atom. The summed E-state index contributed by atoms with van der Waals surface area (Å²) >= 11 is 0. The molecule has 1 aliphatic heterocycles. The first kappa shape index (κ1) is 16.4. The summed E-state index contributed by atoms with van der Waals surface area (Å²) < 4.78 is 0. The van der Waals surface area contributed by atoms with Crippen LogP contribution in [0, 0.1) is 23.2 Å². The number of rotatable bonds is 6. The zero-order chi connectivity index (χ0) is 15.1. The van der Waals surface area contributed by atoms with Crippen molar-refractivity contribution in [2.75, 3.05) is 19.6 Å². The van der Waals surface area contributed by atoms with Crippen molar-refractivity contribution >= 4 is 11.9 Å². The van der Waals surface area contributed by atoms with Gasteiger partial charge in [-0.3, -0.25) is 14.5 Å². The Bertz CT molecular complexity index is 390. The molecule has 0 saturated carbocycles. The van der Waals surface area contributed by atoms with Crippen molar-refractivity contribution in [3.8, 4) is 6.07 Å². The molecule has 0 aromatic carbocycles. The van der Waals surface area contributed by atoms with Crippen LogP contribution in [0.3, 0.4) is 0 Å². The smallest absolute Gasteiger partial charge is 0.303 e. The number of piperidine rings is 1. The Kier molecular flexibility index (Phi) is 6.46. The minimum absolute atomic E-state index is 0.00536. The molecular weight excluding hydrogens is 258 g/mol. The van der Waals surface area contributed by atoms with Gasteiger partial charge in [-0.05, 0) is 18.8 Å². The second kappa shape index (κ2) is 7.85. The highest BCUT2D eigenvalue weighted by Crippen LogP contribution is 2.21. The van der Waals surface area contributed by atoms with Crippen LogP contribution in [0.5, 0.6) is 0 Å². The van der Waals surface area contributed by atoms with Gasteiger partial charge in [-0.1, -0.05) is 13.8 Å². The van der Waals surface area contributed by atoms with Crippen LogP contribution in [0.1, 0.15) is 33.1 Å². The lowest BCUT2D eigenvalue weighted by molar-refractivity contribution is -0.137. The molecular formula is C14H23N3O3. The van der Waals surface area contributed by atoms with Gasteiger partial charge in [0.05, 0.1) is 12.6 Å². The zero-order valence-corrected chi connectivity index (χ0v) is 12.1. The zero-order valence-electron chi connectivity index (χ0n) is 12.1. The molecule has 0 radical (unpaired) electrons. The number of carbonyl (C=O) groups excluding carboxylic acids is 1. The van der Waals surface area contributed by atoms with E-state index >= 15 is 0 Å². The third-order valence-corrected chi connectivity index (χ3v) is 3.54. The Labute approximate surface area is 119 Å². The van der Waals surface area contributed by atoms with E-state index in [1.165, 1.54) is 0 Å². The fourth-order valence-corrected chi connectivity index (χ4v) is 2.54. The van der Waals surface area contributed by atoms with Crippen LogP contribution in [-0.4, -0.2) is 47.6 Å². The summed E-state index contributed by atoms with van der Waals surface area (Å²) in [6.45, 7) is 5.39. The van der Waals surface area contributed by atoms with E-state index in [2.05, 4.69) is 11.4 Å². The van der Waals surface area contributed by atoms with Crippen molar-refractivity contribution in [1.82, 2.24) is 10.2 Å². The third kappa shape index (κ3) is 5.57. The number of carbonyl (C=O) groups is 2. The van der Waals surface area contributed by atoms with Crippen molar-refractivity contribution < 1.29 is 14.7 Å². The lowest BCUT2D eigenvalue weighted by Crippen LogP contribution is -2.51. The number of aliphatic carboxylic acids is 1. The number of carboxylic acids is 1. The van der Waals surface area contributed by atoms with Crippen LogP contribution < -0.4 is 5.32 Å². The van der Waals surface area contributed by atoms with Gasteiger partial charge < -0.3 is 10.4 Å². The second-order valence-electron chi connectivity index (χ2n) is 5.75. The number of carboxylic acid groups (broad SMARTS) is 1. The summed E-state index contributed by atoms with van der Waals surface area (Å²) in [4.78, 5) is 24.4. The highest BCUT2D eigenvalue weighted by Gasteiger charge is 2.28. The molecule has 2 N–H and O–H groups in total. The summed E-state index contributed by atoms with van der Waals surface area (Å²) in [5, 5.41) is 20.6. The van der Waals surface area contributed by atoms with Crippen LogP contribution in [0.25, 0.3) is 0 Å². The van der Waals surface area contributed by atoms with Gasteiger partial charge >= 0.3 is 5.97 Å². The van der Waals surface area contributed by atoms with Crippen molar-refractivity contribution in [2.24, 2.45) is 11.8 Å². The Balaban J connectivity index is 2.58. The van der Waals surface area contributed by atoms with Gasteiger partial charge in [0.2, 0.25) is 5.91 Å². The molecule has 0 bridgehead atoms. The second-order valence-corrected chi connectivity index (χ2v) is 5.75. The Morgan fingerprint density at radius 1 is 1.45 bits per heavy atom. The van der Waals surface area contributed by atoms with E-state index in [1.54, 1.807) is 0 Å². The molecule has 0 aliphatic carbocycles. The van der Waals surface area contributed by atoms with Crippen LogP contribution in [0.2, 0.25) is 0 Å². The summed E-state index contributed by atoms with van der Waals surface area (Å²) in [6, 6.07) is 2.12. The molecule has 2 unspecified atom stereocenters. The number of amides is 1. The maximum atomic E-state index is 11.8. The number of nitrogens with zero attached hydrogens (tertiary/aromatic N) is 2. The first-order valence-corrected chi connectivity index (χ1v) is 7.03. The van der Waals surface area contributed by atoms with Crippen LogP contribution >= 0.6 is 0 Å². The van der Waals surface area contributed by atoms with E-state index in [1.807, 2.05) is 18.7 Å². The molecule has 1 fully saturated rings. The number of hydrogen-bond donors (Lipinski definition) is 2. The standard InChI is InChI=1S/C14H23N3O3/c1-10(2)14(20)16-12-7-11(3-4-13(18)19)8-17(9-12)6-5-15/h10-12H,3-4,6-9H2,1-2H3,(H,16,20)(H,18,19). The average Bonchev–Trinajstić information content (AvgIpc) is 2.36. The van der Waals surface area contributed by atoms with Crippen molar-refractivity contribution in [1.29, 1.82) is 5.26 Å². The number of likely N-dealkylation sites (tertiary alicyclic amines) is 1. The molecule has 20 heavy (non-hydrogen) atoms. The maximum Gasteiger partial charge on any atom is 0.303 e. The van der Waals surface area contributed by atoms with Gasteiger partial charge in [0.15, 0.2) is 0 Å². The van der Waals surface area contributed by atoms with Gasteiger partial charge in [0.1, 0.15) is 0 Å². The normalized spacial score (nSPS) is 23.3. The van der Waals surface area contributed by atoms with E-state index in [9.17, 15) is 9.59 Å². The molecule has 112 valence electrons. The van der Waals surface area contributed by atoms with E-state index in [0.29, 0.717) is 19.5 Å². The minimum atomic E-state index is -0.801. The highest BCUT2D eigenvalue weighted by molar-refractivity contribution is 5.78. The third-order valence-electron chi connectivity index (χ3n) is 3.54. The van der Waals surface area contributed by atoms with Gasteiger partial charge in [0.25, 0.3) is 0 Å². The summed E-state index contributed by atoms with van der Waals surface area (Å²) in [5.41, 5.74) is 0. The molecule has 6 nitrogen and oxygen atoms in total. The molecule has 0 aromatic heterocycles. The summed E-state index contributed by atoms with van der Waals surface area (Å²) in [6.07, 6.45) is 1.51. The SMILES string of the molecule is CC(C)C(=O)NC1CC(CCC(=O)O)CN(CC#N)C1. The molecule has 2 atom stereocenters. The fourth-order valence-electron chi connectivity index (χ4n) is 2.54. The quantitative estimate of drug-likeness (QED) is 0.704. The number of nitriles is 1. The fraction of sp³-hybridized carbons (Fsp3) is 0.786. The van der Waals surface area contributed by atoms with Crippen LogP contribution in [0.15, 0.2) is 0 Å². The molecule has 6 heteroatoms. The van der Waals surface area contributed by atoms with Gasteiger partial charge in [-0.15, -0.1) is 0 Å². The lowest BCUT2D eigenvalue weighted by Gasteiger charge is -2.37. The van der Waals surface area contributed by atoms with Crippen molar-refractivity contribution in [3.63, 3.8) is 0 Å². The number of nitrogens with one attached hydrogen (secondary N) is 1. The van der Waals surface area contributed by atoms with E-state index < -0.39 is 5.97 Å². The van der Waals surface area contributed by atoms with Crippen LogP contribution in [-0.2, 0) is 9.59 Å². The van der Waals surface area contributed by atoms with E-state index in [-0.39, 0.29) is 30.2 Å². The van der Waals surface area contributed by atoms with Crippen molar-refractivity contribution in [3.05, 3.63) is 0 Å². The Hall–Kier alpha value is -1.61. The molecule has 1 amide bonds. The highest BCUT2D eigenvalue weighted by atomic mass is 16.4. The molecule has 1 rings (SSSR count). The van der Waals surface area contributed by atoms with Gasteiger partial charge in [-0.2, -0.15) is 5.26 Å². The molecule has 0 aromatic rings. The maximum absolute atomic E-state index is 11.8. The molecule has 1 aliphatic rings. The minimum Gasteiger partial charge on any atom is -0.481 e. The summed E-state index contributed by atoms with van der Waals surface area (Å²) in [7, 11) is 0. The molecule has 0 spiro atoms. The van der Waals surface area contributed by atoms with Gasteiger partial charge in [-0.25, -0.2) is 0 Å². The van der Waals surface area contributed by atoms with Crippen LogP contribution in [0.4, 0.5) is 0 Å². The predicted molar refractivity (Wildman–Crippen MR) is 73.8 cm³/mol. The van der Waals surface area contributed by atoms with E-state index in [4.69, 9.17) is 10.4 Å². The molecule has 1 saturated heterocycles. The topological polar surface area (TPSA) is 93.4 Å². The van der Waals surface area contributed by atoms with Crippen molar-refractivity contribution in [2.45, 2.75) is 39.2 Å². The predicted octanol–water partition coefficient (Wildman–Crippen LogP) is 0.837.